The van der Waals surface area contributed by atoms with Gasteiger partial charge in [-0.05, 0) is 53.7 Å². The Labute approximate surface area is 170 Å². The van der Waals surface area contributed by atoms with E-state index in [9.17, 15) is 22.4 Å². The molecule has 0 aromatic heterocycles. The lowest BCUT2D eigenvalue weighted by atomic mass is 10.0. The maximum Gasteiger partial charge on any atom is 0.446 e. The third kappa shape index (κ3) is 6.45. The molecule has 29 heavy (non-hydrogen) atoms. The van der Waals surface area contributed by atoms with Crippen molar-refractivity contribution in [1.29, 1.82) is 0 Å². The highest BCUT2D eigenvalue weighted by Crippen LogP contribution is 2.36. The molecule has 156 valence electrons. The Morgan fingerprint density at radius 2 is 1.83 bits per heavy atom. The van der Waals surface area contributed by atoms with Crippen molar-refractivity contribution >= 4 is 17.7 Å². The largest absolute Gasteiger partial charge is 0.446 e. The average molecular weight is 428 g/mol. The minimum Gasteiger partial charge on any atom is -0.379 e. The standard InChI is InChI=1S/C20H20F4N2O2S/c21-16-3-1-2-15(12-16)18(26-8-10-28-11-9-26)13-25-19(27)14-4-6-17(7-5-14)29-20(22,23)24/h1-7,12,18H,8-11,13H2,(H,25,27). The number of alkyl halides is 3. The zero-order valence-corrected chi connectivity index (χ0v) is 16.2. The Morgan fingerprint density at radius 3 is 2.45 bits per heavy atom. The summed E-state index contributed by atoms with van der Waals surface area (Å²) >= 11 is -0.229. The van der Waals surface area contributed by atoms with Crippen molar-refractivity contribution in [3.8, 4) is 0 Å². The summed E-state index contributed by atoms with van der Waals surface area (Å²) in [5.74, 6) is -0.756. The van der Waals surface area contributed by atoms with Gasteiger partial charge >= 0.3 is 5.51 Å². The summed E-state index contributed by atoms with van der Waals surface area (Å²) in [7, 11) is 0. The van der Waals surface area contributed by atoms with E-state index in [1.54, 1.807) is 12.1 Å². The smallest absolute Gasteiger partial charge is 0.379 e. The number of hydrogen-bond acceptors (Lipinski definition) is 4. The summed E-state index contributed by atoms with van der Waals surface area (Å²) in [4.78, 5) is 14.6. The lowest BCUT2D eigenvalue weighted by Gasteiger charge is -2.35. The van der Waals surface area contributed by atoms with Gasteiger partial charge in [-0.3, -0.25) is 9.69 Å². The number of nitrogens with one attached hydrogen (secondary N) is 1. The Morgan fingerprint density at radius 1 is 1.14 bits per heavy atom. The van der Waals surface area contributed by atoms with Gasteiger partial charge in [0.1, 0.15) is 5.82 Å². The molecule has 0 aliphatic carbocycles. The zero-order chi connectivity index (χ0) is 20.9. The van der Waals surface area contributed by atoms with Crippen LogP contribution in [-0.2, 0) is 4.74 Å². The SMILES string of the molecule is O=C(NCC(c1cccc(F)c1)N1CCOCC1)c1ccc(SC(F)(F)F)cc1. The van der Waals surface area contributed by atoms with Gasteiger partial charge in [0.15, 0.2) is 0 Å². The van der Waals surface area contributed by atoms with Crippen LogP contribution >= 0.6 is 11.8 Å². The maximum absolute atomic E-state index is 13.7. The lowest BCUT2D eigenvalue weighted by molar-refractivity contribution is -0.0328. The second-order valence-corrected chi connectivity index (χ2v) is 7.64. The van der Waals surface area contributed by atoms with Gasteiger partial charge in [0.25, 0.3) is 5.91 Å². The number of amides is 1. The molecule has 1 unspecified atom stereocenters. The van der Waals surface area contributed by atoms with Crippen molar-refractivity contribution in [3.63, 3.8) is 0 Å². The minimum atomic E-state index is -4.37. The quantitative estimate of drug-likeness (QED) is 0.552. The van der Waals surface area contributed by atoms with E-state index in [2.05, 4.69) is 10.2 Å². The van der Waals surface area contributed by atoms with Crippen molar-refractivity contribution in [1.82, 2.24) is 10.2 Å². The molecule has 1 N–H and O–H groups in total. The van der Waals surface area contributed by atoms with Crippen molar-refractivity contribution in [2.45, 2.75) is 16.4 Å². The molecule has 3 rings (SSSR count). The molecule has 1 saturated heterocycles. The molecule has 1 heterocycles. The predicted octanol–water partition coefficient (Wildman–Crippen LogP) is 4.24. The Hall–Kier alpha value is -2.10. The van der Waals surface area contributed by atoms with Crippen LogP contribution in [0.3, 0.4) is 0 Å². The monoisotopic (exact) mass is 428 g/mol. The zero-order valence-electron chi connectivity index (χ0n) is 15.4. The third-order valence-electron chi connectivity index (χ3n) is 4.53. The van der Waals surface area contributed by atoms with E-state index in [0.29, 0.717) is 26.3 Å². The summed E-state index contributed by atoms with van der Waals surface area (Å²) in [6, 6.07) is 11.2. The third-order valence-corrected chi connectivity index (χ3v) is 5.27. The van der Waals surface area contributed by atoms with Crippen LogP contribution in [0.25, 0.3) is 0 Å². The summed E-state index contributed by atoms with van der Waals surface area (Å²) in [5, 5.41) is 2.81. The number of carbonyl (C=O) groups is 1. The van der Waals surface area contributed by atoms with Crippen LogP contribution in [0.1, 0.15) is 22.0 Å². The van der Waals surface area contributed by atoms with Crippen LogP contribution < -0.4 is 5.32 Å². The van der Waals surface area contributed by atoms with Crippen LogP contribution in [0.4, 0.5) is 17.6 Å². The van der Waals surface area contributed by atoms with E-state index in [-0.39, 0.29) is 40.6 Å². The van der Waals surface area contributed by atoms with Crippen LogP contribution in [0, 0.1) is 5.82 Å². The molecular formula is C20H20F4N2O2S. The Kier molecular flexibility index (Phi) is 7.15. The second kappa shape index (κ2) is 9.60. The second-order valence-electron chi connectivity index (χ2n) is 6.50. The van der Waals surface area contributed by atoms with E-state index in [1.807, 2.05) is 0 Å². The van der Waals surface area contributed by atoms with Gasteiger partial charge < -0.3 is 10.1 Å². The van der Waals surface area contributed by atoms with Crippen LogP contribution in [0.15, 0.2) is 53.4 Å². The Bertz CT molecular complexity index is 824. The number of rotatable bonds is 6. The van der Waals surface area contributed by atoms with E-state index < -0.39 is 11.4 Å². The molecule has 2 aromatic carbocycles. The summed E-state index contributed by atoms with van der Waals surface area (Å²) < 4.78 is 56.3. The van der Waals surface area contributed by atoms with Gasteiger partial charge in [-0.25, -0.2) is 4.39 Å². The molecule has 0 radical (unpaired) electrons. The molecular weight excluding hydrogens is 408 g/mol. The molecule has 1 aliphatic heterocycles. The van der Waals surface area contributed by atoms with E-state index in [4.69, 9.17) is 4.74 Å². The van der Waals surface area contributed by atoms with Crippen LogP contribution in [0.2, 0.25) is 0 Å². The average Bonchev–Trinajstić information content (AvgIpc) is 2.68. The topological polar surface area (TPSA) is 41.6 Å². The molecule has 1 aliphatic rings. The number of carbonyl (C=O) groups excluding carboxylic acids is 1. The molecule has 2 aromatic rings. The normalized spacial score (nSPS) is 16.4. The molecule has 9 heteroatoms. The molecule has 0 bridgehead atoms. The Balaban J connectivity index is 1.67. The van der Waals surface area contributed by atoms with E-state index in [0.717, 1.165) is 5.56 Å². The predicted molar refractivity (Wildman–Crippen MR) is 102 cm³/mol. The number of thioether (sulfide) groups is 1. The summed E-state index contributed by atoms with van der Waals surface area (Å²) in [5.41, 5.74) is -3.37. The highest BCUT2D eigenvalue weighted by molar-refractivity contribution is 8.00. The van der Waals surface area contributed by atoms with Crippen molar-refractivity contribution < 1.29 is 27.1 Å². The number of benzene rings is 2. The molecule has 0 saturated carbocycles. The van der Waals surface area contributed by atoms with Gasteiger partial charge in [0.2, 0.25) is 0 Å². The lowest BCUT2D eigenvalue weighted by Crippen LogP contribution is -2.43. The number of hydrogen-bond donors (Lipinski definition) is 1. The first-order chi connectivity index (χ1) is 13.8. The van der Waals surface area contributed by atoms with Gasteiger partial charge in [0, 0.05) is 30.1 Å². The van der Waals surface area contributed by atoms with E-state index in [1.165, 1.54) is 36.4 Å². The van der Waals surface area contributed by atoms with Crippen LogP contribution in [-0.4, -0.2) is 49.2 Å². The first-order valence-electron chi connectivity index (χ1n) is 9.03. The maximum atomic E-state index is 13.7. The molecule has 1 amide bonds. The first kappa shape index (κ1) is 21.6. The van der Waals surface area contributed by atoms with Gasteiger partial charge in [-0.15, -0.1) is 0 Å². The molecule has 1 fully saturated rings. The van der Waals surface area contributed by atoms with Gasteiger partial charge in [-0.2, -0.15) is 13.2 Å². The number of halogens is 4. The number of nitrogens with zero attached hydrogens (tertiary/aromatic N) is 1. The fourth-order valence-electron chi connectivity index (χ4n) is 3.16. The van der Waals surface area contributed by atoms with Gasteiger partial charge in [-0.1, -0.05) is 12.1 Å². The fourth-order valence-corrected chi connectivity index (χ4v) is 3.70. The molecule has 4 nitrogen and oxygen atoms in total. The minimum absolute atomic E-state index is 0.0139. The van der Waals surface area contributed by atoms with Crippen LogP contribution in [0.5, 0.6) is 0 Å². The number of morpholine rings is 1. The van der Waals surface area contributed by atoms with Crippen molar-refractivity contribution in [2.24, 2.45) is 0 Å². The summed E-state index contributed by atoms with van der Waals surface area (Å²) in [6.45, 7) is 2.65. The first-order valence-corrected chi connectivity index (χ1v) is 9.85. The van der Waals surface area contributed by atoms with E-state index >= 15 is 0 Å². The summed E-state index contributed by atoms with van der Waals surface area (Å²) in [6.07, 6.45) is 0. The highest BCUT2D eigenvalue weighted by Gasteiger charge is 2.29. The van der Waals surface area contributed by atoms with Crippen molar-refractivity contribution in [2.75, 3.05) is 32.8 Å². The highest BCUT2D eigenvalue weighted by atomic mass is 32.2. The van der Waals surface area contributed by atoms with Gasteiger partial charge in [0.05, 0.1) is 19.3 Å². The number of ether oxygens (including phenoxy) is 1. The fraction of sp³-hybridized carbons (Fsp3) is 0.350. The van der Waals surface area contributed by atoms with Crippen molar-refractivity contribution in [3.05, 3.63) is 65.5 Å². The molecule has 0 spiro atoms. The molecule has 1 atom stereocenters.